The molecule has 0 aliphatic carbocycles. The molecule has 0 bridgehead atoms. The van der Waals surface area contributed by atoms with Crippen LogP contribution in [0, 0.1) is 0 Å². The Bertz CT molecular complexity index is 301. The molecule has 96 valence electrons. The Kier molecular flexibility index (Phi) is 7.27. The molecule has 0 aromatic carbocycles. The summed E-state index contributed by atoms with van der Waals surface area (Å²) in [4.78, 5) is 13.2. The summed E-state index contributed by atoms with van der Waals surface area (Å²) in [6.45, 7) is 2.83. The van der Waals surface area contributed by atoms with E-state index < -0.39 is 10.0 Å². The Morgan fingerprint density at radius 3 is 2.44 bits per heavy atom. The van der Waals surface area contributed by atoms with E-state index in [1.807, 2.05) is 19.0 Å². The van der Waals surface area contributed by atoms with E-state index in [-0.39, 0.29) is 18.2 Å². The van der Waals surface area contributed by atoms with Gasteiger partial charge in [-0.25, -0.2) is 13.1 Å². The second kappa shape index (κ2) is 7.59. The van der Waals surface area contributed by atoms with Gasteiger partial charge in [0.15, 0.2) is 0 Å². The molecule has 0 aromatic heterocycles. The van der Waals surface area contributed by atoms with Crippen LogP contribution < -0.4 is 10.0 Å². The van der Waals surface area contributed by atoms with Gasteiger partial charge in [-0.1, -0.05) is 6.92 Å². The van der Waals surface area contributed by atoms with Crippen molar-refractivity contribution in [2.45, 2.75) is 13.3 Å². The second-order valence-electron chi connectivity index (χ2n) is 3.79. The summed E-state index contributed by atoms with van der Waals surface area (Å²) in [5.74, 6) is -0.251. The third-order valence-corrected chi connectivity index (χ3v) is 3.34. The third-order valence-electron chi connectivity index (χ3n) is 1.81. The summed E-state index contributed by atoms with van der Waals surface area (Å²) in [5.41, 5.74) is 0. The minimum Gasteiger partial charge on any atom is -0.354 e. The van der Waals surface area contributed by atoms with Crippen LogP contribution in [0.5, 0.6) is 0 Å². The van der Waals surface area contributed by atoms with E-state index in [0.29, 0.717) is 13.0 Å². The first kappa shape index (κ1) is 15.3. The summed E-state index contributed by atoms with van der Waals surface area (Å²) in [5, 5.41) is 2.62. The van der Waals surface area contributed by atoms with Crippen molar-refractivity contribution in [2.24, 2.45) is 0 Å². The van der Waals surface area contributed by atoms with Gasteiger partial charge in [-0.2, -0.15) is 0 Å². The van der Waals surface area contributed by atoms with Crippen molar-refractivity contribution in [1.29, 1.82) is 0 Å². The van der Waals surface area contributed by atoms with Crippen LogP contribution in [0.15, 0.2) is 0 Å². The van der Waals surface area contributed by atoms with Crippen molar-refractivity contribution >= 4 is 15.9 Å². The molecular formula is C9H21N3O3S. The SMILES string of the molecule is CCCS(=O)(=O)NCC(=O)NCCN(C)C. The summed E-state index contributed by atoms with van der Waals surface area (Å²) in [7, 11) is 0.509. The molecule has 7 heteroatoms. The van der Waals surface area contributed by atoms with Crippen LogP contribution in [-0.4, -0.2) is 58.7 Å². The lowest BCUT2D eigenvalue weighted by molar-refractivity contribution is -0.119. The minimum atomic E-state index is -3.29. The van der Waals surface area contributed by atoms with Crippen molar-refractivity contribution in [1.82, 2.24) is 14.9 Å². The van der Waals surface area contributed by atoms with Gasteiger partial charge in [0, 0.05) is 13.1 Å². The van der Waals surface area contributed by atoms with Gasteiger partial charge in [0.25, 0.3) is 0 Å². The number of carbonyl (C=O) groups excluding carboxylic acids is 1. The minimum absolute atomic E-state index is 0.0535. The van der Waals surface area contributed by atoms with Gasteiger partial charge in [0.2, 0.25) is 15.9 Å². The summed E-state index contributed by atoms with van der Waals surface area (Å²) >= 11 is 0. The average Bonchev–Trinajstić information content (AvgIpc) is 2.14. The number of hydrogen-bond donors (Lipinski definition) is 2. The van der Waals surface area contributed by atoms with Crippen LogP contribution in [0.3, 0.4) is 0 Å². The molecule has 0 unspecified atom stereocenters. The molecule has 0 fully saturated rings. The Morgan fingerprint density at radius 2 is 1.94 bits per heavy atom. The zero-order valence-corrected chi connectivity index (χ0v) is 10.9. The van der Waals surface area contributed by atoms with Gasteiger partial charge in [-0.3, -0.25) is 4.79 Å². The molecule has 0 saturated heterocycles. The maximum atomic E-state index is 11.2. The van der Waals surface area contributed by atoms with Crippen molar-refractivity contribution in [3.05, 3.63) is 0 Å². The number of nitrogens with one attached hydrogen (secondary N) is 2. The van der Waals surface area contributed by atoms with Crippen molar-refractivity contribution in [3.63, 3.8) is 0 Å². The summed E-state index contributed by atoms with van der Waals surface area (Å²) in [6.07, 6.45) is 0.539. The number of sulfonamides is 1. The quantitative estimate of drug-likeness (QED) is 0.579. The molecule has 0 atom stereocenters. The van der Waals surface area contributed by atoms with Gasteiger partial charge in [0.05, 0.1) is 12.3 Å². The Morgan fingerprint density at radius 1 is 1.31 bits per heavy atom. The highest BCUT2D eigenvalue weighted by atomic mass is 32.2. The highest BCUT2D eigenvalue weighted by Gasteiger charge is 2.10. The zero-order valence-electron chi connectivity index (χ0n) is 10.1. The molecule has 0 heterocycles. The fraction of sp³-hybridized carbons (Fsp3) is 0.889. The van der Waals surface area contributed by atoms with Gasteiger partial charge in [-0.05, 0) is 20.5 Å². The van der Waals surface area contributed by atoms with E-state index in [9.17, 15) is 13.2 Å². The number of carbonyl (C=O) groups is 1. The van der Waals surface area contributed by atoms with Crippen molar-refractivity contribution in [3.8, 4) is 0 Å². The number of hydrogen-bond acceptors (Lipinski definition) is 4. The molecule has 0 aromatic rings. The second-order valence-corrected chi connectivity index (χ2v) is 5.72. The molecule has 0 aliphatic heterocycles. The van der Waals surface area contributed by atoms with E-state index in [2.05, 4.69) is 10.0 Å². The lowest BCUT2D eigenvalue weighted by atomic mass is 10.5. The van der Waals surface area contributed by atoms with Crippen LogP contribution in [0.4, 0.5) is 0 Å². The monoisotopic (exact) mass is 251 g/mol. The molecule has 0 rings (SSSR count). The topological polar surface area (TPSA) is 78.5 Å². The highest BCUT2D eigenvalue weighted by molar-refractivity contribution is 7.89. The van der Waals surface area contributed by atoms with E-state index in [1.54, 1.807) is 6.92 Å². The van der Waals surface area contributed by atoms with E-state index in [1.165, 1.54) is 0 Å². The Labute approximate surface area is 97.4 Å². The largest absolute Gasteiger partial charge is 0.354 e. The molecule has 16 heavy (non-hydrogen) atoms. The molecule has 0 radical (unpaired) electrons. The lowest BCUT2D eigenvalue weighted by Gasteiger charge is -2.10. The molecule has 0 aliphatic rings. The summed E-state index contributed by atoms with van der Waals surface area (Å²) < 4.78 is 24.7. The van der Waals surface area contributed by atoms with E-state index in [0.717, 1.165) is 6.54 Å². The predicted octanol–water partition coefficient (Wildman–Crippen LogP) is -1.01. The van der Waals surface area contributed by atoms with Crippen LogP contribution in [0.2, 0.25) is 0 Å². The van der Waals surface area contributed by atoms with E-state index >= 15 is 0 Å². The Hall–Kier alpha value is -0.660. The first-order valence-corrected chi connectivity index (χ1v) is 6.91. The summed E-state index contributed by atoms with van der Waals surface area (Å²) in [6, 6.07) is 0. The maximum absolute atomic E-state index is 11.2. The zero-order chi connectivity index (χ0) is 12.6. The molecule has 0 saturated carbocycles. The lowest BCUT2D eigenvalue weighted by Crippen LogP contribution is -2.40. The van der Waals surface area contributed by atoms with Gasteiger partial charge in [0.1, 0.15) is 0 Å². The van der Waals surface area contributed by atoms with Crippen LogP contribution in [0.25, 0.3) is 0 Å². The first-order chi connectivity index (χ1) is 7.37. The average molecular weight is 251 g/mol. The number of amides is 1. The third kappa shape index (κ3) is 8.63. The standard InChI is InChI=1S/C9H21N3O3S/c1-4-7-16(14,15)11-8-9(13)10-5-6-12(2)3/h11H,4-8H2,1-3H3,(H,10,13). The Balaban J connectivity index is 3.73. The molecule has 6 nitrogen and oxygen atoms in total. The van der Waals surface area contributed by atoms with Crippen molar-refractivity contribution < 1.29 is 13.2 Å². The van der Waals surface area contributed by atoms with E-state index in [4.69, 9.17) is 0 Å². The smallest absolute Gasteiger partial charge is 0.235 e. The number of likely N-dealkylation sites (N-methyl/N-ethyl adjacent to an activating group) is 1. The maximum Gasteiger partial charge on any atom is 0.235 e. The molecule has 0 spiro atoms. The first-order valence-electron chi connectivity index (χ1n) is 5.26. The predicted molar refractivity (Wildman–Crippen MR) is 63.6 cm³/mol. The number of nitrogens with zero attached hydrogens (tertiary/aromatic N) is 1. The number of rotatable bonds is 8. The van der Waals surface area contributed by atoms with Crippen LogP contribution in [0.1, 0.15) is 13.3 Å². The highest BCUT2D eigenvalue weighted by Crippen LogP contribution is 1.87. The molecule has 1 amide bonds. The fourth-order valence-corrected chi connectivity index (χ4v) is 2.03. The molecule has 2 N–H and O–H groups in total. The van der Waals surface area contributed by atoms with Crippen LogP contribution >= 0.6 is 0 Å². The van der Waals surface area contributed by atoms with Gasteiger partial charge < -0.3 is 10.2 Å². The molecular weight excluding hydrogens is 230 g/mol. The van der Waals surface area contributed by atoms with Crippen molar-refractivity contribution in [2.75, 3.05) is 39.5 Å². The van der Waals surface area contributed by atoms with Crippen LogP contribution in [-0.2, 0) is 14.8 Å². The van der Waals surface area contributed by atoms with Gasteiger partial charge in [-0.15, -0.1) is 0 Å². The fourth-order valence-electron chi connectivity index (χ4n) is 0.998. The van der Waals surface area contributed by atoms with Gasteiger partial charge >= 0.3 is 0 Å². The normalized spacial score (nSPS) is 11.8.